The standard InChI is InChI=1S/C22H24N6O/c1-15-9-10-16(2)19(11-15)28-13-18(21(26-28)17-7-5-4-6-8-17)12-27(3)14-20-23-22(29)25-24-20/h4-11,13H,12,14H2,1-3H3,(H2,23,24,25,29). The van der Waals surface area contributed by atoms with Gasteiger partial charge >= 0.3 is 5.69 Å². The van der Waals surface area contributed by atoms with Crippen molar-refractivity contribution in [2.75, 3.05) is 7.05 Å². The van der Waals surface area contributed by atoms with Crippen LogP contribution in [-0.4, -0.2) is 36.9 Å². The molecule has 2 heterocycles. The van der Waals surface area contributed by atoms with Crippen molar-refractivity contribution in [1.29, 1.82) is 0 Å². The molecule has 0 atom stereocenters. The number of benzene rings is 2. The first-order valence-electron chi connectivity index (χ1n) is 9.53. The monoisotopic (exact) mass is 388 g/mol. The number of hydrogen-bond acceptors (Lipinski definition) is 4. The smallest absolute Gasteiger partial charge is 0.295 e. The van der Waals surface area contributed by atoms with E-state index in [0.29, 0.717) is 18.9 Å². The van der Waals surface area contributed by atoms with Gasteiger partial charge in [-0.3, -0.25) is 9.88 Å². The molecule has 2 aromatic carbocycles. The molecule has 0 saturated heterocycles. The summed E-state index contributed by atoms with van der Waals surface area (Å²) in [5, 5.41) is 11.3. The van der Waals surface area contributed by atoms with E-state index in [9.17, 15) is 4.79 Å². The van der Waals surface area contributed by atoms with E-state index < -0.39 is 0 Å². The molecular weight excluding hydrogens is 364 g/mol. The number of rotatable bonds is 6. The van der Waals surface area contributed by atoms with Gasteiger partial charge in [0.1, 0.15) is 5.82 Å². The van der Waals surface area contributed by atoms with Gasteiger partial charge in [0.15, 0.2) is 0 Å². The number of nitrogens with one attached hydrogen (secondary N) is 2. The van der Waals surface area contributed by atoms with Gasteiger partial charge < -0.3 is 0 Å². The SMILES string of the molecule is Cc1ccc(C)c(-n2cc(CN(C)Cc3n[nH]c(=O)[nH]3)c(-c3ccccc3)n2)c1. The molecule has 2 N–H and O–H groups in total. The van der Waals surface area contributed by atoms with E-state index in [4.69, 9.17) is 5.10 Å². The van der Waals surface area contributed by atoms with Gasteiger partial charge in [-0.05, 0) is 38.1 Å². The maximum absolute atomic E-state index is 11.3. The Balaban J connectivity index is 1.70. The highest BCUT2D eigenvalue weighted by atomic mass is 16.1. The molecule has 4 rings (SSSR count). The molecule has 2 aromatic heterocycles. The number of aromatic nitrogens is 5. The predicted octanol–water partition coefficient (Wildman–Crippen LogP) is 3.20. The Labute approximate surface area is 169 Å². The highest BCUT2D eigenvalue weighted by Crippen LogP contribution is 2.26. The fourth-order valence-corrected chi connectivity index (χ4v) is 3.44. The maximum atomic E-state index is 11.3. The van der Waals surface area contributed by atoms with Crippen molar-refractivity contribution >= 4 is 0 Å². The molecule has 0 radical (unpaired) electrons. The van der Waals surface area contributed by atoms with E-state index in [1.54, 1.807) is 0 Å². The third-order valence-electron chi connectivity index (χ3n) is 4.86. The molecule has 7 heteroatoms. The van der Waals surface area contributed by atoms with E-state index in [1.807, 2.05) is 29.9 Å². The van der Waals surface area contributed by atoms with Crippen LogP contribution in [0.4, 0.5) is 0 Å². The predicted molar refractivity (Wildman–Crippen MR) is 113 cm³/mol. The number of aryl methyl sites for hydroxylation is 2. The van der Waals surface area contributed by atoms with E-state index in [-0.39, 0.29) is 5.69 Å². The molecule has 0 aliphatic carbocycles. The summed E-state index contributed by atoms with van der Waals surface area (Å²) in [6, 6.07) is 16.6. The Morgan fingerprint density at radius 3 is 2.59 bits per heavy atom. The molecular formula is C22H24N6O. The van der Waals surface area contributed by atoms with Gasteiger partial charge in [-0.1, -0.05) is 42.5 Å². The third kappa shape index (κ3) is 4.20. The number of hydrogen-bond donors (Lipinski definition) is 2. The molecule has 0 spiro atoms. The fourth-order valence-electron chi connectivity index (χ4n) is 3.44. The second-order valence-corrected chi connectivity index (χ2v) is 7.40. The minimum atomic E-state index is -0.291. The van der Waals surface area contributed by atoms with Crippen molar-refractivity contribution in [2.24, 2.45) is 0 Å². The largest absolute Gasteiger partial charge is 0.340 e. The normalized spacial score (nSPS) is 11.3. The van der Waals surface area contributed by atoms with Crippen molar-refractivity contribution in [1.82, 2.24) is 29.9 Å². The second-order valence-electron chi connectivity index (χ2n) is 7.40. The Hall–Kier alpha value is -3.45. The summed E-state index contributed by atoms with van der Waals surface area (Å²) in [5.74, 6) is 0.612. The summed E-state index contributed by atoms with van der Waals surface area (Å²) in [5.41, 5.74) is 6.29. The molecule has 29 heavy (non-hydrogen) atoms. The summed E-state index contributed by atoms with van der Waals surface area (Å²) in [6.45, 7) is 5.38. The third-order valence-corrected chi connectivity index (χ3v) is 4.86. The van der Waals surface area contributed by atoms with Gasteiger partial charge in [-0.25, -0.2) is 14.6 Å². The van der Waals surface area contributed by atoms with Crippen LogP contribution >= 0.6 is 0 Å². The van der Waals surface area contributed by atoms with E-state index in [2.05, 4.69) is 70.5 Å². The number of nitrogens with zero attached hydrogens (tertiary/aromatic N) is 4. The van der Waals surface area contributed by atoms with E-state index >= 15 is 0 Å². The Morgan fingerprint density at radius 2 is 1.86 bits per heavy atom. The van der Waals surface area contributed by atoms with Crippen LogP contribution in [0.2, 0.25) is 0 Å². The van der Waals surface area contributed by atoms with E-state index in [0.717, 1.165) is 22.5 Å². The zero-order valence-corrected chi connectivity index (χ0v) is 16.8. The Kier molecular flexibility index (Phi) is 5.14. The molecule has 0 amide bonds. The van der Waals surface area contributed by atoms with Crippen molar-refractivity contribution in [3.8, 4) is 16.9 Å². The number of H-pyrrole nitrogens is 2. The topological polar surface area (TPSA) is 82.6 Å². The summed E-state index contributed by atoms with van der Waals surface area (Å²) < 4.78 is 1.96. The molecule has 148 valence electrons. The maximum Gasteiger partial charge on any atom is 0.340 e. The van der Waals surface area contributed by atoms with Crippen LogP contribution in [0.25, 0.3) is 16.9 Å². The van der Waals surface area contributed by atoms with Crippen molar-refractivity contribution in [3.63, 3.8) is 0 Å². The van der Waals surface area contributed by atoms with Crippen LogP contribution < -0.4 is 5.69 Å². The highest BCUT2D eigenvalue weighted by molar-refractivity contribution is 5.63. The zero-order chi connectivity index (χ0) is 20.4. The molecule has 0 fully saturated rings. The van der Waals surface area contributed by atoms with Gasteiger partial charge in [0.05, 0.1) is 17.9 Å². The molecule has 0 unspecified atom stereocenters. The van der Waals surface area contributed by atoms with Crippen LogP contribution in [0, 0.1) is 13.8 Å². The summed E-state index contributed by atoms with van der Waals surface area (Å²) in [6.07, 6.45) is 2.09. The quantitative estimate of drug-likeness (QED) is 0.531. The van der Waals surface area contributed by atoms with Gasteiger partial charge in [0.25, 0.3) is 0 Å². The lowest BCUT2D eigenvalue weighted by Crippen LogP contribution is -2.18. The fraction of sp³-hybridized carbons (Fsp3) is 0.227. The average molecular weight is 388 g/mol. The first kappa shape index (κ1) is 18.9. The zero-order valence-electron chi connectivity index (χ0n) is 16.8. The lowest BCUT2D eigenvalue weighted by molar-refractivity contribution is 0.311. The molecule has 7 nitrogen and oxygen atoms in total. The average Bonchev–Trinajstić information content (AvgIpc) is 3.30. The van der Waals surface area contributed by atoms with Gasteiger partial charge in [0, 0.05) is 23.9 Å². The van der Waals surface area contributed by atoms with Crippen LogP contribution in [0.15, 0.2) is 59.5 Å². The van der Waals surface area contributed by atoms with Crippen molar-refractivity contribution in [3.05, 3.63) is 87.7 Å². The van der Waals surface area contributed by atoms with Crippen LogP contribution in [0.5, 0.6) is 0 Å². The molecule has 0 bridgehead atoms. The Morgan fingerprint density at radius 1 is 1.07 bits per heavy atom. The molecule has 4 aromatic rings. The van der Waals surface area contributed by atoms with Crippen LogP contribution in [-0.2, 0) is 13.1 Å². The molecule has 0 saturated carbocycles. The van der Waals surface area contributed by atoms with Crippen LogP contribution in [0.3, 0.4) is 0 Å². The van der Waals surface area contributed by atoms with E-state index in [1.165, 1.54) is 11.1 Å². The summed E-state index contributed by atoms with van der Waals surface area (Å²) in [7, 11) is 2.00. The molecule has 0 aliphatic rings. The van der Waals surface area contributed by atoms with Crippen molar-refractivity contribution in [2.45, 2.75) is 26.9 Å². The van der Waals surface area contributed by atoms with Crippen LogP contribution in [0.1, 0.15) is 22.5 Å². The first-order valence-corrected chi connectivity index (χ1v) is 9.53. The molecule has 0 aliphatic heterocycles. The Bertz CT molecular complexity index is 1170. The summed E-state index contributed by atoms with van der Waals surface area (Å²) >= 11 is 0. The number of aromatic amines is 2. The summed E-state index contributed by atoms with van der Waals surface area (Å²) in [4.78, 5) is 16.1. The minimum absolute atomic E-state index is 0.291. The van der Waals surface area contributed by atoms with Crippen molar-refractivity contribution < 1.29 is 0 Å². The van der Waals surface area contributed by atoms with Gasteiger partial charge in [-0.15, -0.1) is 0 Å². The second kappa shape index (κ2) is 7.89. The first-order chi connectivity index (χ1) is 14.0. The highest BCUT2D eigenvalue weighted by Gasteiger charge is 2.16. The minimum Gasteiger partial charge on any atom is -0.295 e. The van der Waals surface area contributed by atoms with Gasteiger partial charge in [-0.2, -0.15) is 10.2 Å². The lowest BCUT2D eigenvalue weighted by atomic mass is 10.1. The lowest BCUT2D eigenvalue weighted by Gasteiger charge is -2.14. The van der Waals surface area contributed by atoms with Gasteiger partial charge in [0.2, 0.25) is 0 Å².